The number of ketones is 1. The molecule has 1 rings (SSSR count). The van der Waals surface area contributed by atoms with Crippen LogP contribution in [0.25, 0.3) is 0 Å². The van der Waals surface area contributed by atoms with Gasteiger partial charge in [-0.2, -0.15) is 0 Å². The molecule has 1 fully saturated rings. The van der Waals surface area contributed by atoms with E-state index < -0.39 is 0 Å². The van der Waals surface area contributed by atoms with E-state index in [-0.39, 0.29) is 35.6 Å². The molecular weight excluding hydrogens is 370 g/mol. The van der Waals surface area contributed by atoms with Crippen molar-refractivity contribution in [3.8, 4) is 0 Å². The Labute approximate surface area is 175 Å². The van der Waals surface area contributed by atoms with E-state index in [0.717, 1.165) is 32.1 Å². The first kappa shape index (κ1) is 25.1. The lowest BCUT2D eigenvalue weighted by atomic mass is 9.79. The Morgan fingerprint density at radius 3 is 2.03 bits per heavy atom. The lowest BCUT2D eigenvalue weighted by Crippen LogP contribution is -2.39. The molecule has 7 nitrogen and oxygen atoms in total. The van der Waals surface area contributed by atoms with Gasteiger partial charge in [-0.1, -0.05) is 13.8 Å². The summed E-state index contributed by atoms with van der Waals surface area (Å²) in [6.07, 6.45) is 6.47. The highest BCUT2D eigenvalue weighted by molar-refractivity contribution is 5.83. The Bertz CT molecular complexity index is 542. The molecule has 1 saturated carbocycles. The normalized spacial score (nSPS) is 19.8. The van der Waals surface area contributed by atoms with Gasteiger partial charge in [-0.25, -0.2) is 0 Å². The van der Waals surface area contributed by atoms with E-state index in [4.69, 9.17) is 0 Å². The van der Waals surface area contributed by atoms with Crippen LogP contribution in [0.2, 0.25) is 0 Å². The summed E-state index contributed by atoms with van der Waals surface area (Å²) in [6.45, 7) is 7.00. The number of rotatable bonds is 13. The fourth-order valence-electron chi connectivity index (χ4n) is 3.69. The Morgan fingerprint density at radius 1 is 0.828 bits per heavy atom. The van der Waals surface area contributed by atoms with Gasteiger partial charge in [-0.15, -0.1) is 0 Å². The fraction of sp³-hybridized carbons (Fsp3) is 0.818. The van der Waals surface area contributed by atoms with Crippen molar-refractivity contribution in [1.29, 1.82) is 0 Å². The summed E-state index contributed by atoms with van der Waals surface area (Å²) in [4.78, 5) is 47.5. The molecule has 0 heterocycles. The monoisotopic (exact) mass is 409 g/mol. The SMILES string of the molecule is CCNC(=O)CCCNC(=O)CCCC(=O)NC1CCC(C(=O)C(C)CC)CC1. The largest absolute Gasteiger partial charge is 0.356 e. The molecule has 1 atom stereocenters. The van der Waals surface area contributed by atoms with Crippen molar-refractivity contribution in [1.82, 2.24) is 16.0 Å². The number of Topliss-reactive ketones (excluding diaryl/α,β-unsaturated/α-hetero) is 1. The molecular formula is C22H39N3O4. The summed E-state index contributed by atoms with van der Waals surface area (Å²) >= 11 is 0. The zero-order valence-corrected chi connectivity index (χ0v) is 18.4. The van der Waals surface area contributed by atoms with Crippen molar-refractivity contribution in [2.75, 3.05) is 13.1 Å². The van der Waals surface area contributed by atoms with E-state index >= 15 is 0 Å². The van der Waals surface area contributed by atoms with E-state index in [9.17, 15) is 19.2 Å². The van der Waals surface area contributed by atoms with Gasteiger partial charge in [0.2, 0.25) is 17.7 Å². The summed E-state index contributed by atoms with van der Waals surface area (Å²) in [7, 11) is 0. The quantitative estimate of drug-likeness (QED) is 0.407. The lowest BCUT2D eigenvalue weighted by Gasteiger charge is -2.29. The predicted molar refractivity (Wildman–Crippen MR) is 113 cm³/mol. The van der Waals surface area contributed by atoms with Gasteiger partial charge in [-0.3, -0.25) is 19.2 Å². The fourth-order valence-corrected chi connectivity index (χ4v) is 3.69. The molecule has 29 heavy (non-hydrogen) atoms. The number of carbonyl (C=O) groups excluding carboxylic acids is 4. The molecule has 3 N–H and O–H groups in total. The first-order valence-electron chi connectivity index (χ1n) is 11.2. The zero-order chi connectivity index (χ0) is 21.6. The maximum atomic E-state index is 12.3. The number of amides is 3. The minimum absolute atomic E-state index is 0.00306. The molecule has 0 saturated heterocycles. The van der Waals surface area contributed by atoms with Gasteiger partial charge >= 0.3 is 0 Å². The van der Waals surface area contributed by atoms with E-state index in [1.807, 2.05) is 20.8 Å². The third-order valence-corrected chi connectivity index (χ3v) is 5.68. The molecule has 1 aliphatic carbocycles. The number of nitrogens with one attached hydrogen (secondary N) is 3. The van der Waals surface area contributed by atoms with Crippen LogP contribution < -0.4 is 16.0 Å². The standard InChI is InChI=1S/C22H39N3O4/c1-4-16(3)22(29)17-11-13-18(14-12-17)25-21(28)9-6-8-20(27)24-15-7-10-19(26)23-5-2/h16-18H,4-15H2,1-3H3,(H,23,26)(H,24,27)(H,25,28). The molecule has 1 aliphatic rings. The third kappa shape index (κ3) is 10.4. The smallest absolute Gasteiger partial charge is 0.220 e. The second-order valence-electron chi connectivity index (χ2n) is 8.09. The number of carbonyl (C=O) groups is 4. The molecule has 3 amide bonds. The van der Waals surface area contributed by atoms with Crippen LogP contribution in [-0.4, -0.2) is 42.6 Å². The van der Waals surface area contributed by atoms with Crippen molar-refractivity contribution in [3.05, 3.63) is 0 Å². The number of hydrogen-bond acceptors (Lipinski definition) is 4. The predicted octanol–water partition coefficient (Wildman–Crippen LogP) is 2.48. The molecule has 0 bridgehead atoms. The Balaban J connectivity index is 2.10. The minimum atomic E-state index is -0.0854. The molecule has 1 unspecified atom stereocenters. The lowest BCUT2D eigenvalue weighted by molar-refractivity contribution is -0.127. The molecule has 0 radical (unpaired) electrons. The van der Waals surface area contributed by atoms with Crippen LogP contribution >= 0.6 is 0 Å². The molecule has 0 aromatic heterocycles. The average Bonchev–Trinajstić information content (AvgIpc) is 2.71. The van der Waals surface area contributed by atoms with Crippen molar-refractivity contribution in [2.24, 2.45) is 11.8 Å². The second-order valence-corrected chi connectivity index (χ2v) is 8.09. The number of hydrogen-bond donors (Lipinski definition) is 3. The first-order chi connectivity index (χ1) is 13.9. The third-order valence-electron chi connectivity index (χ3n) is 5.68. The summed E-state index contributed by atoms with van der Waals surface area (Å²) in [5.74, 6) is 0.537. The van der Waals surface area contributed by atoms with Crippen LogP contribution in [0.5, 0.6) is 0 Å². The van der Waals surface area contributed by atoms with Crippen LogP contribution in [-0.2, 0) is 19.2 Å². The molecule has 0 aromatic rings. The van der Waals surface area contributed by atoms with Gasteiger partial charge in [-0.05, 0) is 51.9 Å². The molecule has 7 heteroatoms. The van der Waals surface area contributed by atoms with Crippen molar-refractivity contribution >= 4 is 23.5 Å². The summed E-state index contributed by atoms with van der Waals surface area (Å²) in [5, 5.41) is 8.54. The van der Waals surface area contributed by atoms with Crippen LogP contribution in [0, 0.1) is 11.8 Å². The van der Waals surface area contributed by atoms with Gasteiger partial charge in [0.1, 0.15) is 5.78 Å². The van der Waals surface area contributed by atoms with Gasteiger partial charge in [0.05, 0.1) is 0 Å². The van der Waals surface area contributed by atoms with Crippen molar-refractivity contribution in [3.63, 3.8) is 0 Å². The van der Waals surface area contributed by atoms with Gasteiger partial charge in [0.15, 0.2) is 0 Å². The second kappa shape index (κ2) is 14.1. The topological polar surface area (TPSA) is 104 Å². The Kier molecular flexibility index (Phi) is 12.2. The summed E-state index contributed by atoms with van der Waals surface area (Å²) < 4.78 is 0. The molecule has 0 aliphatic heterocycles. The Hall–Kier alpha value is -1.92. The Morgan fingerprint density at radius 2 is 1.41 bits per heavy atom. The maximum Gasteiger partial charge on any atom is 0.220 e. The average molecular weight is 410 g/mol. The highest BCUT2D eigenvalue weighted by atomic mass is 16.2. The maximum absolute atomic E-state index is 12.3. The molecule has 166 valence electrons. The zero-order valence-electron chi connectivity index (χ0n) is 18.4. The summed E-state index contributed by atoms with van der Waals surface area (Å²) in [6, 6.07) is 0.145. The van der Waals surface area contributed by atoms with Gasteiger partial charge in [0, 0.05) is 50.2 Å². The summed E-state index contributed by atoms with van der Waals surface area (Å²) in [5.41, 5.74) is 0. The van der Waals surface area contributed by atoms with E-state index in [1.54, 1.807) is 0 Å². The van der Waals surface area contributed by atoms with Crippen LogP contribution in [0.1, 0.15) is 85.0 Å². The highest BCUT2D eigenvalue weighted by Gasteiger charge is 2.28. The van der Waals surface area contributed by atoms with Crippen molar-refractivity contribution < 1.29 is 19.2 Å². The van der Waals surface area contributed by atoms with Crippen LogP contribution in [0.3, 0.4) is 0 Å². The van der Waals surface area contributed by atoms with E-state index in [1.165, 1.54) is 0 Å². The van der Waals surface area contributed by atoms with E-state index in [2.05, 4.69) is 16.0 Å². The van der Waals surface area contributed by atoms with Crippen molar-refractivity contribution in [2.45, 2.75) is 91.0 Å². The first-order valence-corrected chi connectivity index (χ1v) is 11.2. The van der Waals surface area contributed by atoms with Crippen LogP contribution in [0.15, 0.2) is 0 Å². The van der Waals surface area contributed by atoms with Crippen LogP contribution in [0.4, 0.5) is 0 Å². The molecule has 0 spiro atoms. The molecule has 0 aromatic carbocycles. The highest BCUT2D eigenvalue weighted by Crippen LogP contribution is 2.28. The van der Waals surface area contributed by atoms with Gasteiger partial charge < -0.3 is 16.0 Å². The van der Waals surface area contributed by atoms with E-state index in [0.29, 0.717) is 51.0 Å². The van der Waals surface area contributed by atoms with Gasteiger partial charge in [0.25, 0.3) is 0 Å². The minimum Gasteiger partial charge on any atom is -0.356 e.